The Balaban J connectivity index is 1.17. The molecule has 0 N–H and O–H groups in total. The lowest BCUT2D eigenvalue weighted by Gasteiger charge is -2.09. The number of hydrogen-bond acceptors (Lipinski definition) is 3. The van der Waals surface area contributed by atoms with Crippen LogP contribution in [0.3, 0.4) is 0 Å². The molecule has 0 unspecified atom stereocenters. The first-order valence-corrected chi connectivity index (χ1v) is 15.1. The Morgan fingerprint density at radius 3 is 2.02 bits per heavy atom. The molecule has 10 rings (SSSR count). The van der Waals surface area contributed by atoms with Crippen molar-refractivity contribution in [3.8, 4) is 28.2 Å². The van der Waals surface area contributed by atoms with Gasteiger partial charge in [0.25, 0.3) is 0 Å². The van der Waals surface area contributed by atoms with Gasteiger partial charge in [0, 0.05) is 38.6 Å². The van der Waals surface area contributed by atoms with Gasteiger partial charge in [-0.2, -0.15) is 0 Å². The molecule has 3 aromatic heterocycles. The van der Waals surface area contributed by atoms with Gasteiger partial charge in [-0.1, -0.05) is 91.0 Å². The zero-order valence-corrected chi connectivity index (χ0v) is 24.1. The summed E-state index contributed by atoms with van der Waals surface area (Å²) in [7, 11) is 0. The van der Waals surface area contributed by atoms with Crippen LogP contribution in [0, 0.1) is 0 Å². The third-order valence-electron chi connectivity index (χ3n) is 9.00. The zero-order chi connectivity index (χ0) is 29.5. The van der Waals surface area contributed by atoms with Crippen molar-refractivity contribution in [1.82, 2.24) is 9.55 Å². The average Bonchev–Trinajstić information content (AvgIpc) is 3.79. The third kappa shape index (κ3) is 3.57. The van der Waals surface area contributed by atoms with Crippen LogP contribution in [-0.4, -0.2) is 9.55 Å². The fourth-order valence-electron chi connectivity index (χ4n) is 6.93. The highest BCUT2D eigenvalue weighted by Gasteiger charge is 2.18. The minimum absolute atomic E-state index is 0.845. The van der Waals surface area contributed by atoms with E-state index in [2.05, 4.69) is 126 Å². The van der Waals surface area contributed by atoms with Crippen molar-refractivity contribution in [3.63, 3.8) is 0 Å². The van der Waals surface area contributed by atoms with E-state index < -0.39 is 0 Å². The smallest absolute Gasteiger partial charge is 0.145 e. The van der Waals surface area contributed by atoms with Crippen LogP contribution >= 0.6 is 0 Å². The van der Waals surface area contributed by atoms with Gasteiger partial charge in [-0.05, 0) is 65.0 Å². The molecule has 3 heterocycles. The fourth-order valence-corrected chi connectivity index (χ4v) is 6.93. The van der Waals surface area contributed by atoms with Crippen LogP contribution < -0.4 is 0 Å². The molecule has 0 fully saturated rings. The highest BCUT2D eigenvalue weighted by molar-refractivity contribution is 6.19. The molecular formula is C41H24N2O2. The zero-order valence-electron chi connectivity index (χ0n) is 24.1. The van der Waals surface area contributed by atoms with E-state index in [-0.39, 0.29) is 0 Å². The van der Waals surface area contributed by atoms with Gasteiger partial charge in [0.15, 0.2) is 0 Å². The first-order valence-electron chi connectivity index (χ1n) is 15.1. The lowest BCUT2D eigenvalue weighted by Crippen LogP contribution is -1.97. The number of imidazole rings is 1. The van der Waals surface area contributed by atoms with E-state index in [0.717, 1.165) is 93.9 Å². The number of hydrogen-bond donors (Lipinski definition) is 0. The minimum Gasteiger partial charge on any atom is -0.456 e. The summed E-state index contributed by atoms with van der Waals surface area (Å²) in [5.41, 5.74) is 9.90. The molecule has 0 aliphatic carbocycles. The summed E-state index contributed by atoms with van der Waals surface area (Å²) in [4.78, 5) is 5.01. The van der Waals surface area contributed by atoms with Crippen LogP contribution in [0.1, 0.15) is 0 Å². The molecule has 0 aliphatic heterocycles. The monoisotopic (exact) mass is 576 g/mol. The summed E-state index contributed by atoms with van der Waals surface area (Å²) < 4.78 is 15.2. The molecule has 10 aromatic rings. The lowest BCUT2D eigenvalue weighted by molar-refractivity contribution is 0.669. The van der Waals surface area contributed by atoms with E-state index in [1.807, 2.05) is 24.3 Å². The summed E-state index contributed by atoms with van der Waals surface area (Å²) in [6.07, 6.45) is 0. The van der Waals surface area contributed by atoms with E-state index in [4.69, 9.17) is 13.8 Å². The minimum atomic E-state index is 0.845. The third-order valence-corrected chi connectivity index (χ3v) is 9.00. The van der Waals surface area contributed by atoms with Gasteiger partial charge >= 0.3 is 0 Å². The normalized spacial score (nSPS) is 12.0. The summed E-state index contributed by atoms with van der Waals surface area (Å²) >= 11 is 0. The summed E-state index contributed by atoms with van der Waals surface area (Å²) in [6, 6.07) is 50.6. The summed E-state index contributed by atoms with van der Waals surface area (Å²) in [6.45, 7) is 0. The second kappa shape index (κ2) is 9.18. The molecule has 0 atom stereocenters. The Bertz CT molecular complexity index is 2760. The summed E-state index contributed by atoms with van der Waals surface area (Å²) in [5, 5.41) is 6.69. The fraction of sp³-hybridized carbons (Fsp3) is 0. The molecule has 0 bridgehead atoms. The number of nitrogens with zero attached hydrogens (tertiary/aromatic N) is 2. The molecule has 7 aromatic carbocycles. The Morgan fingerprint density at radius 2 is 1.13 bits per heavy atom. The molecule has 0 saturated heterocycles. The van der Waals surface area contributed by atoms with Gasteiger partial charge in [-0.3, -0.25) is 4.57 Å². The van der Waals surface area contributed by atoms with E-state index in [1.54, 1.807) is 0 Å². The maximum absolute atomic E-state index is 6.61. The van der Waals surface area contributed by atoms with Gasteiger partial charge in [-0.15, -0.1) is 0 Å². The average molecular weight is 577 g/mol. The van der Waals surface area contributed by atoms with Gasteiger partial charge in [0.1, 0.15) is 28.2 Å². The molecule has 0 saturated carbocycles. The molecule has 0 spiro atoms. The number of benzene rings is 7. The first-order chi connectivity index (χ1) is 22.3. The molecule has 0 aliphatic rings. The highest BCUT2D eigenvalue weighted by Crippen LogP contribution is 2.41. The molecule has 4 heteroatoms. The SMILES string of the molecule is c1ccc(-c2nc3ccccc3n2-c2ccc3c(c2)oc2cc(-c4cc5c6ccccc6oc5c5ccccc45)ccc23)cc1. The van der Waals surface area contributed by atoms with Crippen LogP contribution in [0.15, 0.2) is 154 Å². The first kappa shape index (κ1) is 24.3. The van der Waals surface area contributed by atoms with Crippen LogP contribution in [0.25, 0.3) is 93.9 Å². The Labute approximate surface area is 257 Å². The van der Waals surface area contributed by atoms with Crippen molar-refractivity contribution < 1.29 is 8.83 Å². The topological polar surface area (TPSA) is 44.1 Å². The molecule has 0 radical (unpaired) electrons. The Hall–Kier alpha value is -6.13. The molecule has 0 amide bonds. The van der Waals surface area contributed by atoms with E-state index in [9.17, 15) is 0 Å². The summed E-state index contributed by atoms with van der Waals surface area (Å²) in [5.74, 6) is 0.906. The highest BCUT2D eigenvalue weighted by atomic mass is 16.3. The van der Waals surface area contributed by atoms with Gasteiger partial charge in [-0.25, -0.2) is 4.98 Å². The number of aromatic nitrogens is 2. The van der Waals surface area contributed by atoms with E-state index in [1.165, 1.54) is 0 Å². The Morgan fingerprint density at radius 1 is 0.444 bits per heavy atom. The van der Waals surface area contributed by atoms with Crippen molar-refractivity contribution in [2.45, 2.75) is 0 Å². The quantitative estimate of drug-likeness (QED) is 0.210. The van der Waals surface area contributed by atoms with Gasteiger partial charge in [0.2, 0.25) is 0 Å². The van der Waals surface area contributed by atoms with Crippen LogP contribution in [0.2, 0.25) is 0 Å². The van der Waals surface area contributed by atoms with Crippen LogP contribution in [0.4, 0.5) is 0 Å². The maximum Gasteiger partial charge on any atom is 0.145 e. The van der Waals surface area contributed by atoms with Crippen molar-refractivity contribution in [1.29, 1.82) is 0 Å². The van der Waals surface area contributed by atoms with E-state index >= 15 is 0 Å². The van der Waals surface area contributed by atoms with Crippen molar-refractivity contribution in [3.05, 3.63) is 146 Å². The number of rotatable bonds is 3. The molecule has 4 nitrogen and oxygen atoms in total. The predicted molar refractivity (Wildman–Crippen MR) is 184 cm³/mol. The van der Waals surface area contributed by atoms with Crippen LogP contribution in [-0.2, 0) is 0 Å². The van der Waals surface area contributed by atoms with Crippen LogP contribution in [0.5, 0.6) is 0 Å². The van der Waals surface area contributed by atoms with E-state index in [0.29, 0.717) is 0 Å². The standard InChI is InChI=1S/C41H24N2O2/c1-2-10-25(11-3-1)41-42-35-15-7-8-16-36(35)43(41)27-19-21-31-30-20-18-26(22-38(30)44-39(31)23-27)33-24-34-29-13-6-9-17-37(29)45-40(34)32-14-5-4-12-28(32)33/h1-24H. The number of fused-ring (bicyclic) bond motifs is 9. The second-order valence-corrected chi connectivity index (χ2v) is 11.6. The van der Waals surface area contributed by atoms with Crippen molar-refractivity contribution in [2.75, 3.05) is 0 Å². The maximum atomic E-state index is 6.61. The molecule has 45 heavy (non-hydrogen) atoms. The molecule has 210 valence electrons. The number of para-hydroxylation sites is 3. The number of furan rings is 2. The predicted octanol–water partition coefficient (Wildman–Crippen LogP) is 11.3. The largest absolute Gasteiger partial charge is 0.456 e. The van der Waals surface area contributed by atoms with Gasteiger partial charge < -0.3 is 8.83 Å². The molecular weight excluding hydrogens is 552 g/mol. The van der Waals surface area contributed by atoms with Crippen molar-refractivity contribution in [2.24, 2.45) is 0 Å². The van der Waals surface area contributed by atoms with Crippen molar-refractivity contribution >= 4 is 65.7 Å². The second-order valence-electron chi connectivity index (χ2n) is 11.6. The lowest BCUT2D eigenvalue weighted by atomic mass is 9.95. The van der Waals surface area contributed by atoms with Gasteiger partial charge in [0.05, 0.1) is 16.7 Å². The Kier molecular flexibility index (Phi) is 4.96.